The maximum Gasteiger partial charge on any atom is 0.320 e. The molecule has 25 heavy (non-hydrogen) atoms. The third kappa shape index (κ3) is 3.39. The normalized spacial score (nSPS) is 18.3. The van der Waals surface area contributed by atoms with E-state index < -0.39 is 16.9 Å². The SMILES string of the molecule is Cn1ncc([N+](=O)[O-])c1C(=O)N1CCCC1CC(O)c1ccccc1. The van der Waals surface area contributed by atoms with Crippen molar-refractivity contribution in [3.8, 4) is 0 Å². The summed E-state index contributed by atoms with van der Waals surface area (Å²) in [6, 6.07) is 9.13. The molecule has 1 aromatic carbocycles. The molecule has 8 nitrogen and oxygen atoms in total. The Kier molecular flexibility index (Phi) is 4.80. The van der Waals surface area contributed by atoms with Gasteiger partial charge in [0.05, 0.1) is 11.0 Å². The number of nitrogens with zero attached hydrogens (tertiary/aromatic N) is 4. The summed E-state index contributed by atoms with van der Waals surface area (Å²) in [5.74, 6) is -0.408. The lowest BCUT2D eigenvalue weighted by Gasteiger charge is -2.26. The predicted octanol–water partition coefficient (Wildman–Crippen LogP) is 2.06. The molecule has 0 radical (unpaired) electrons. The van der Waals surface area contributed by atoms with Gasteiger partial charge in [-0.3, -0.25) is 19.6 Å². The molecule has 0 saturated carbocycles. The summed E-state index contributed by atoms with van der Waals surface area (Å²) in [6.07, 6.45) is 2.39. The fourth-order valence-corrected chi connectivity index (χ4v) is 3.36. The number of aromatic nitrogens is 2. The Morgan fingerprint density at radius 3 is 2.84 bits per heavy atom. The summed E-state index contributed by atoms with van der Waals surface area (Å²) in [4.78, 5) is 25.0. The number of aryl methyl sites for hydroxylation is 1. The predicted molar refractivity (Wildman–Crippen MR) is 89.9 cm³/mol. The number of nitro groups is 1. The first-order chi connectivity index (χ1) is 12.0. The van der Waals surface area contributed by atoms with Gasteiger partial charge in [-0.15, -0.1) is 0 Å². The Morgan fingerprint density at radius 1 is 1.44 bits per heavy atom. The minimum absolute atomic E-state index is 0.0221. The van der Waals surface area contributed by atoms with E-state index in [0.717, 1.165) is 24.6 Å². The molecule has 2 heterocycles. The summed E-state index contributed by atoms with van der Waals surface area (Å²) >= 11 is 0. The Balaban J connectivity index is 1.79. The molecule has 1 aliphatic rings. The van der Waals surface area contributed by atoms with E-state index in [9.17, 15) is 20.0 Å². The van der Waals surface area contributed by atoms with Gasteiger partial charge in [-0.25, -0.2) is 0 Å². The van der Waals surface area contributed by atoms with Crippen molar-refractivity contribution in [2.24, 2.45) is 7.05 Å². The zero-order valence-corrected chi connectivity index (χ0v) is 13.9. The van der Waals surface area contributed by atoms with Crippen LogP contribution in [-0.4, -0.2) is 43.2 Å². The van der Waals surface area contributed by atoms with Crippen LogP contribution in [0.2, 0.25) is 0 Å². The largest absolute Gasteiger partial charge is 0.388 e. The topological polar surface area (TPSA) is 102 Å². The summed E-state index contributed by atoms with van der Waals surface area (Å²) in [7, 11) is 1.52. The first-order valence-electron chi connectivity index (χ1n) is 8.19. The van der Waals surface area contributed by atoms with Gasteiger partial charge in [0.25, 0.3) is 5.91 Å². The highest BCUT2D eigenvalue weighted by molar-refractivity contribution is 5.96. The average Bonchev–Trinajstić information content (AvgIpc) is 3.21. The van der Waals surface area contributed by atoms with Gasteiger partial charge >= 0.3 is 5.69 Å². The molecule has 0 aliphatic carbocycles. The highest BCUT2D eigenvalue weighted by Gasteiger charge is 2.36. The molecule has 132 valence electrons. The molecule has 1 saturated heterocycles. The summed E-state index contributed by atoms with van der Waals surface area (Å²) < 4.78 is 1.24. The van der Waals surface area contributed by atoms with E-state index in [1.165, 1.54) is 11.7 Å². The van der Waals surface area contributed by atoms with Crippen LogP contribution in [0.25, 0.3) is 0 Å². The van der Waals surface area contributed by atoms with Gasteiger partial charge in [-0.2, -0.15) is 5.10 Å². The fourth-order valence-electron chi connectivity index (χ4n) is 3.36. The first-order valence-corrected chi connectivity index (χ1v) is 8.19. The molecular weight excluding hydrogens is 324 g/mol. The van der Waals surface area contributed by atoms with Crippen LogP contribution in [0.15, 0.2) is 36.5 Å². The average molecular weight is 344 g/mol. The van der Waals surface area contributed by atoms with Gasteiger partial charge in [0, 0.05) is 19.6 Å². The highest BCUT2D eigenvalue weighted by Crippen LogP contribution is 2.30. The van der Waals surface area contributed by atoms with E-state index in [0.29, 0.717) is 13.0 Å². The third-order valence-electron chi connectivity index (χ3n) is 4.64. The van der Waals surface area contributed by atoms with Crippen LogP contribution in [-0.2, 0) is 7.05 Å². The van der Waals surface area contributed by atoms with E-state index in [4.69, 9.17) is 0 Å². The smallest absolute Gasteiger partial charge is 0.320 e. The molecule has 0 bridgehead atoms. The van der Waals surface area contributed by atoms with Crippen LogP contribution in [0.3, 0.4) is 0 Å². The zero-order chi connectivity index (χ0) is 18.0. The molecule has 1 fully saturated rings. The highest BCUT2D eigenvalue weighted by atomic mass is 16.6. The number of likely N-dealkylation sites (tertiary alicyclic amines) is 1. The van der Waals surface area contributed by atoms with E-state index >= 15 is 0 Å². The monoisotopic (exact) mass is 344 g/mol. The molecule has 1 aliphatic heterocycles. The number of amides is 1. The summed E-state index contributed by atoms with van der Waals surface area (Å²) in [5.41, 5.74) is 0.487. The fraction of sp³-hybridized carbons (Fsp3) is 0.412. The molecule has 0 spiro atoms. The second-order valence-electron chi connectivity index (χ2n) is 6.22. The van der Waals surface area contributed by atoms with Gasteiger partial charge < -0.3 is 10.0 Å². The molecule has 1 aromatic heterocycles. The number of hydrogen-bond donors (Lipinski definition) is 1. The standard InChI is InChI=1S/C17H20N4O4/c1-19-16(14(11-18-19)21(24)25)17(23)20-9-5-8-13(20)10-15(22)12-6-3-2-4-7-12/h2-4,6-7,11,13,15,22H,5,8-10H2,1H3. The Bertz CT molecular complexity index is 774. The lowest BCUT2D eigenvalue weighted by molar-refractivity contribution is -0.385. The first kappa shape index (κ1) is 17.1. The Labute approximate surface area is 144 Å². The van der Waals surface area contributed by atoms with Crippen LogP contribution in [0.5, 0.6) is 0 Å². The van der Waals surface area contributed by atoms with Crippen LogP contribution in [0.1, 0.15) is 41.4 Å². The number of aliphatic hydroxyl groups excluding tert-OH is 1. The lowest BCUT2D eigenvalue weighted by atomic mass is 10.0. The summed E-state index contributed by atoms with van der Waals surface area (Å²) in [5, 5.41) is 25.4. The maximum absolute atomic E-state index is 12.9. The van der Waals surface area contributed by atoms with Gasteiger partial charge in [0.2, 0.25) is 5.69 Å². The van der Waals surface area contributed by atoms with E-state index in [1.54, 1.807) is 4.90 Å². The van der Waals surface area contributed by atoms with E-state index in [-0.39, 0.29) is 17.4 Å². The van der Waals surface area contributed by atoms with Gasteiger partial charge in [0.1, 0.15) is 6.20 Å². The van der Waals surface area contributed by atoms with Crippen molar-refractivity contribution in [3.05, 3.63) is 57.9 Å². The van der Waals surface area contributed by atoms with Crippen LogP contribution in [0, 0.1) is 10.1 Å². The number of benzene rings is 1. The Morgan fingerprint density at radius 2 is 2.16 bits per heavy atom. The molecular formula is C17H20N4O4. The minimum atomic E-state index is -0.680. The number of carbonyl (C=O) groups is 1. The van der Waals surface area contributed by atoms with E-state index in [1.807, 2.05) is 30.3 Å². The molecule has 2 aromatic rings. The van der Waals surface area contributed by atoms with Crippen molar-refractivity contribution >= 4 is 11.6 Å². The van der Waals surface area contributed by atoms with Gasteiger partial charge in [-0.1, -0.05) is 30.3 Å². The van der Waals surface area contributed by atoms with E-state index in [2.05, 4.69) is 5.10 Å². The number of aliphatic hydroxyl groups is 1. The molecule has 2 unspecified atom stereocenters. The number of rotatable bonds is 5. The van der Waals surface area contributed by atoms with Crippen molar-refractivity contribution in [3.63, 3.8) is 0 Å². The van der Waals surface area contributed by atoms with Crippen molar-refractivity contribution < 1.29 is 14.8 Å². The van der Waals surface area contributed by atoms with Gasteiger partial charge in [-0.05, 0) is 24.8 Å². The van der Waals surface area contributed by atoms with Crippen molar-refractivity contribution in [2.45, 2.75) is 31.4 Å². The quantitative estimate of drug-likeness (QED) is 0.661. The number of hydrogen-bond acceptors (Lipinski definition) is 5. The number of carbonyl (C=O) groups excluding carboxylic acids is 1. The van der Waals surface area contributed by atoms with Crippen LogP contribution < -0.4 is 0 Å². The second-order valence-corrected chi connectivity index (χ2v) is 6.22. The molecule has 8 heteroatoms. The third-order valence-corrected chi connectivity index (χ3v) is 4.64. The molecule has 1 N–H and O–H groups in total. The van der Waals surface area contributed by atoms with Gasteiger partial charge in [0.15, 0.2) is 0 Å². The van der Waals surface area contributed by atoms with Crippen LogP contribution >= 0.6 is 0 Å². The lowest BCUT2D eigenvalue weighted by Crippen LogP contribution is -2.37. The molecule has 3 rings (SSSR count). The maximum atomic E-state index is 12.9. The molecule has 1 amide bonds. The van der Waals surface area contributed by atoms with Crippen molar-refractivity contribution in [2.75, 3.05) is 6.54 Å². The Hall–Kier alpha value is -2.74. The van der Waals surface area contributed by atoms with Crippen molar-refractivity contribution in [1.82, 2.24) is 14.7 Å². The summed E-state index contributed by atoms with van der Waals surface area (Å²) in [6.45, 7) is 0.521. The zero-order valence-electron chi connectivity index (χ0n) is 13.9. The second kappa shape index (κ2) is 7.02. The van der Waals surface area contributed by atoms with Crippen LogP contribution in [0.4, 0.5) is 5.69 Å². The molecule has 2 atom stereocenters. The van der Waals surface area contributed by atoms with Crippen molar-refractivity contribution in [1.29, 1.82) is 0 Å². The minimum Gasteiger partial charge on any atom is -0.388 e.